The molecule has 0 unspecified atom stereocenters. The van der Waals surface area contributed by atoms with Gasteiger partial charge in [0.25, 0.3) is 0 Å². The van der Waals surface area contributed by atoms with Crippen LogP contribution in [0.2, 0.25) is 0 Å². The van der Waals surface area contributed by atoms with Crippen molar-refractivity contribution in [3.05, 3.63) is 0 Å². The van der Waals surface area contributed by atoms with E-state index in [4.69, 9.17) is 5.11 Å². The van der Waals surface area contributed by atoms with Gasteiger partial charge in [-0.25, -0.2) is 0 Å². The van der Waals surface area contributed by atoms with Crippen molar-refractivity contribution in [2.24, 2.45) is 0 Å². The molecule has 0 aromatic carbocycles. The van der Waals surface area contributed by atoms with Gasteiger partial charge in [-0.3, -0.25) is 0 Å². The molecule has 0 radical (unpaired) electrons. The Kier molecular flexibility index (Phi) is 4.51. The van der Waals surface area contributed by atoms with Gasteiger partial charge in [-0.05, 0) is 25.9 Å². The Morgan fingerprint density at radius 2 is 1.75 bits per heavy atom. The molecule has 1 rings (SSSR count). The number of hydrogen-bond acceptors (Lipinski definition) is 2. The van der Waals surface area contributed by atoms with Gasteiger partial charge in [0.05, 0.1) is 6.10 Å². The first-order chi connectivity index (χ1) is 3.39. The van der Waals surface area contributed by atoms with Crippen LogP contribution in [0, 0.1) is 0 Å². The second kappa shape index (κ2) is 4.30. The van der Waals surface area contributed by atoms with Crippen LogP contribution in [-0.4, -0.2) is 24.3 Å². The number of aliphatic hydroxyl groups is 1. The summed E-state index contributed by atoms with van der Waals surface area (Å²) in [5.74, 6) is 0. The first-order valence-electron chi connectivity index (χ1n) is 2.78. The second-order valence-corrected chi connectivity index (χ2v) is 1.98. The number of aliphatic hydroxyl groups excluding tert-OH is 1. The predicted molar refractivity (Wildman–Crippen MR) is 38.4 cm³/mol. The summed E-state index contributed by atoms with van der Waals surface area (Å²) in [5, 5.41) is 12.0. The Labute approximate surface area is 60.0 Å². The van der Waals surface area contributed by atoms with Crippen LogP contribution in [0.1, 0.15) is 12.8 Å². The van der Waals surface area contributed by atoms with Crippen molar-refractivity contribution in [3.8, 4) is 0 Å². The van der Waals surface area contributed by atoms with Crippen LogP contribution in [0.15, 0.2) is 0 Å². The van der Waals surface area contributed by atoms with E-state index < -0.39 is 0 Å². The van der Waals surface area contributed by atoms with E-state index in [1.54, 1.807) is 0 Å². The average molecular weight is 182 g/mol. The van der Waals surface area contributed by atoms with Crippen LogP contribution >= 0.6 is 17.0 Å². The maximum atomic E-state index is 8.87. The van der Waals surface area contributed by atoms with Gasteiger partial charge in [0.2, 0.25) is 0 Å². The Morgan fingerprint density at radius 1 is 1.25 bits per heavy atom. The van der Waals surface area contributed by atoms with Crippen LogP contribution in [0.5, 0.6) is 0 Å². The maximum absolute atomic E-state index is 8.87. The molecule has 2 nitrogen and oxygen atoms in total. The average Bonchev–Trinajstić information content (AvgIpc) is 1.69. The lowest BCUT2D eigenvalue weighted by Crippen LogP contribution is -2.30. The van der Waals surface area contributed by atoms with Crippen LogP contribution in [0.4, 0.5) is 0 Å². The number of halogens is 1. The van der Waals surface area contributed by atoms with Crippen molar-refractivity contribution >= 4 is 17.0 Å². The van der Waals surface area contributed by atoms with Crippen LogP contribution in [0.3, 0.4) is 0 Å². The third-order valence-electron chi connectivity index (χ3n) is 1.31. The molecule has 0 bridgehead atoms. The Balaban J connectivity index is 0.000000490. The molecule has 2 N–H and O–H groups in total. The lowest BCUT2D eigenvalue weighted by atomic mass is 10.1. The summed E-state index contributed by atoms with van der Waals surface area (Å²) in [4.78, 5) is 0. The first kappa shape index (κ1) is 8.40. The fourth-order valence-electron chi connectivity index (χ4n) is 0.807. The summed E-state index contributed by atoms with van der Waals surface area (Å²) in [5.41, 5.74) is 0. The van der Waals surface area contributed by atoms with Crippen molar-refractivity contribution < 1.29 is 5.11 Å². The molecule has 1 fully saturated rings. The van der Waals surface area contributed by atoms with Crippen molar-refractivity contribution in [2.45, 2.75) is 18.9 Å². The largest absolute Gasteiger partial charge is 0.393 e. The van der Waals surface area contributed by atoms with Gasteiger partial charge in [0.15, 0.2) is 0 Å². The zero-order chi connectivity index (χ0) is 5.11. The molecule has 0 atom stereocenters. The number of hydrogen-bond donors (Lipinski definition) is 2. The Bertz CT molecular complexity index is 54.4. The number of piperidine rings is 1. The Hall–Kier alpha value is 0.400. The highest BCUT2D eigenvalue weighted by Crippen LogP contribution is 1.99. The van der Waals surface area contributed by atoms with Gasteiger partial charge < -0.3 is 10.4 Å². The van der Waals surface area contributed by atoms with E-state index >= 15 is 0 Å². The van der Waals surface area contributed by atoms with E-state index in [2.05, 4.69) is 5.32 Å². The summed E-state index contributed by atoms with van der Waals surface area (Å²) >= 11 is 0. The van der Waals surface area contributed by atoms with Gasteiger partial charge >= 0.3 is 0 Å². The van der Waals surface area contributed by atoms with Crippen molar-refractivity contribution in [3.63, 3.8) is 0 Å². The highest BCUT2D eigenvalue weighted by Gasteiger charge is 2.06. The molecule has 8 heavy (non-hydrogen) atoms. The van der Waals surface area contributed by atoms with Crippen molar-refractivity contribution in [1.29, 1.82) is 0 Å². The number of nitrogens with one attached hydrogen (secondary N) is 1. The van der Waals surface area contributed by atoms with E-state index in [1.165, 1.54) is 0 Å². The minimum Gasteiger partial charge on any atom is -0.393 e. The molecule has 0 spiro atoms. The number of rotatable bonds is 0. The zero-order valence-corrected chi connectivity index (χ0v) is 6.47. The monoisotopic (exact) mass is 181 g/mol. The molecule has 1 heterocycles. The minimum atomic E-state index is -0.0266. The zero-order valence-electron chi connectivity index (χ0n) is 4.76. The van der Waals surface area contributed by atoms with E-state index in [0.717, 1.165) is 25.9 Å². The van der Waals surface area contributed by atoms with Crippen molar-refractivity contribution in [2.75, 3.05) is 13.1 Å². The predicted octanol–water partition coefficient (Wildman–Crippen LogP) is 0.309. The molecular formula is C5H12BrNO. The summed E-state index contributed by atoms with van der Waals surface area (Å²) < 4.78 is 0. The Morgan fingerprint density at radius 3 is 2.00 bits per heavy atom. The second-order valence-electron chi connectivity index (χ2n) is 1.98. The summed E-state index contributed by atoms with van der Waals surface area (Å²) in [6.45, 7) is 1.97. The molecule has 1 aliphatic heterocycles. The summed E-state index contributed by atoms with van der Waals surface area (Å²) in [7, 11) is 0. The van der Waals surface area contributed by atoms with E-state index in [0.29, 0.717) is 0 Å². The van der Waals surface area contributed by atoms with E-state index in [9.17, 15) is 0 Å². The standard InChI is InChI=1S/C5H11NO.BrH/c7-5-1-3-6-4-2-5;/h5-7H,1-4H2;1H. The lowest BCUT2D eigenvalue weighted by Gasteiger charge is -2.16. The topological polar surface area (TPSA) is 32.3 Å². The molecule has 1 saturated heterocycles. The molecular weight excluding hydrogens is 170 g/mol. The first-order valence-corrected chi connectivity index (χ1v) is 2.78. The molecule has 50 valence electrons. The molecule has 3 heteroatoms. The molecule has 0 saturated carbocycles. The molecule has 0 aromatic rings. The van der Waals surface area contributed by atoms with Crippen LogP contribution in [-0.2, 0) is 0 Å². The van der Waals surface area contributed by atoms with Crippen LogP contribution < -0.4 is 5.32 Å². The van der Waals surface area contributed by atoms with Gasteiger partial charge in [-0.15, -0.1) is 17.0 Å². The van der Waals surface area contributed by atoms with Gasteiger partial charge in [0.1, 0.15) is 0 Å². The molecule has 0 aromatic heterocycles. The maximum Gasteiger partial charge on any atom is 0.0564 e. The van der Waals surface area contributed by atoms with E-state index in [-0.39, 0.29) is 23.1 Å². The van der Waals surface area contributed by atoms with Gasteiger partial charge in [-0.2, -0.15) is 0 Å². The fraction of sp³-hybridized carbons (Fsp3) is 1.00. The van der Waals surface area contributed by atoms with Gasteiger partial charge in [0, 0.05) is 0 Å². The highest BCUT2D eigenvalue weighted by atomic mass is 79.9. The molecule has 0 aliphatic carbocycles. The lowest BCUT2D eigenvalue weighted by molar-refractivity contribution is 0.137. The highest BCUT2D eigenvalue weighted by molar-refractivity contribution is 8.93. The summed E-state index contributed by atoms with van der Waals surface area (Å²) in [6, 6.07) is 0. The molecule has 1 aliphatic rings. The van der Waals surface area contributed by atoms with E-state index in [1.807, 2.05) is 0 Å². The van der Waals surface area contributed by atoms with Gasteiger partial charge in [-0.1, -0.05) is 0 Å². The normalized spacial score (nSPS) is 22.1. The fourth-order valence-corrected chi connectivity index (χ4v) is 0.807. The SMILES string of the molecule is Br.OC1CCNCC1. The third kappa shape index (κ3) is 2.64. The van der Waals surface area contributed by atoms with Crippen molar-refractivity contribution in [1.82, 2.24) is 5.32 Å². The van der Waals surface area contributed by atoms with Crippen LogP contribution in [0.25, 0.3) is 0 Å². The quantitative estimate of drug-likeness (QED) is 0.565. The minimum absolute atomic E-state index is 0. The summed E-state index contributed by atoms with van der Waals surface area (Å²) in [6.07, 6.45) is 1.83. The smallest absolute Gasteiger partial charge is 0.0564 e. The third-order valence-corrected chi connectivity index (χ3v) is 1.31. The molecule has 0 amide bonds.